The first-order chi connectivity index (χ1) is 20.8. The topological polar surface area (TPSA) is 131 Å². The number of amides is 1. The van der Waals surface area contributed by atoms with Crippen molar-refractivity contribution < 1.29 is 37.9 Å². The molecule has 0 aliphatic carbocycles. The van der Waals surface area contributed by atoms with Crippen LogP contribution in [0, 0.1) is 0 Å². The predicted molar refractivity (Wildman–Crippen MR) is 174 cm³/mol. The summed E-state index contributed by atoms with van der Waals surface area (Å²) in [5.74, 6) is -0.517. The van der Waals surface area contributed by atoms with Gasteiger partial charge in [0.1, 0.15) is 12.7 Å². The van der Waals surface area contributed by atoms with E-state index in [4.69, 9.17) is 13.8 Å². The Balaban J connectivity index is 3.60. The van der Waals surface area contributed by atoms with Crippen LogP contribution in [0.4, 0.5) is 0 Å². The summed E-state index contributed by atoms with van der Waals surface area (Å²) in [5, 5.41) is 12.6. The van der Waals surface area contributed by atoms with Crippen LogP contribution >= 0.6 is 7.82 Å². The van der Waals surface area contributed by atoms with Crippen molar-refractivity contribution in [2.24, 2.45) is 0 Å². The maximum absolute atomic E-state index is 12.0. The molecule has 256 valence electrons. The molecule has 0 spiro atoms. The number of carbonyl (C=O) groups excluding carboxylic acids is 2. The Hall–Kier alpha value is -0.990. The van der Waals surface area contributed by atoms with Crippen molar-refractivity contribution in [1.29, 1.82) is 0 Å². The Morgan fingerprint density at radius 2 is 1.05 bits per heavy atom. The largest absolute Gasteiger partial charge is 0.472 e. The minimum Gasteiger partial charge on any atom is -0.463 e. The van der Waals surface area contributed by atoms with Gasteiger partial charge in [0.25, 0.3) is 0 Å². The molecule has 0 bridgehead atoms. The molecule has 0 saturated carbocycles. The number of aliphatic hydroxyl groups is 1. The van der Waals surface area contributed by atoms with E-state index in [1.807, 2.05) is 0 Å². The molecule has 0 heterocycles. The summed E-state index contributed by atoms with van der Waals surface area (Å²) < 4.78 is 26.6. The zero-order valence-electron chi connectivity index (χ0n) is 27.7. The van der Waals surface area contributed by atoms with Gasteiger partial charge in [-0.15, -0.1) is 0 Å². The highest BCUT2D eigenvalue weighted by Gasteiger charge is 2.23. The minimum absolute atomic E-state index is 0.0860. The monoisotopic (exact) mass is 635 g/mol. The van der Waals surface area contributed by atoms with E-state index < -0.39 is 26.5 Å². The van der Waals surface area contributed by atoms with Gasteiger partial charge in [0.15, 0.2) is 0 Å². The summed E-state index contributed by atoms with van der Waals surface area (Å²) in [7, 11) is -4.39. The Morgan fingerprint density at radius 1 is 0.628 bits per heavy atom. The maximum Gasteiger partial charge on any atom is 0.472 e. The summed E-state index contributed by atoms with van der Waals surface area (Å²) in [6.45, 7) is 3.51. The Labute approximate surface area is 263 Å². The van der Waals surface area contributed by atoms with E-state index in [0.29, 0.717) is 6.42 Å². The molecule has 10 heteroatoms. The van der Waals surface area contributed by atoms with Gasteiger partial charge in [-0.1, -0.05) is 142 Å². The molecule has 3 N–H and O–H groups in total. The van der Waals surface area contributed by atoms with Gasteiger partial charge in [0, 0.05) is 19.4 Å². The summed E-state index contributed by atoms with van der Waals surface area (Å²) in [5.41, 5.74) is 0. The third kappa shape index (κ3) is 32.2. The van der Waals surface area contributed by atoms with Crippen molar-refractivity contribution in [3.8, 4) is 0 Å². The lowest BCUT2D eigenvalue weighted by molar-refractivity contribution is -0.147. The van der Waals surface area contributed by atoms with E-state index >= 15 is 0 Å². The van der Waals surface area contributed by atoms with Crippen LogP contribution in [-0.2, 0) is 27.9 Å². The summed E-state index contributed by atoms with van der Waals surface area (Å²) in [4.78, 5) is 33.5. The van der Waals surface area contributed by atoms with Crippen LogP contribution < -0.4 is 5.32 Å². The zero-order chi connectivity index (χ0) is 31.9. The molecule has 0 aromatic rings. The van der Waals surface area contributed by atoms with Crippen molar-refractivity contribution in [3.05, 3.63) is 0 Å². The Morgan fingerprint density at radius 3 is 1.51 bits per heavy atom. The number of aliphatic hydroxyl groups excluding tert-OH is 1. The average molecular weight is 636 g/mol. The molecule has 0 fully saturated rings. The molecule has 0 aliphatic rings. The highest BCUT2D eigenvalue weighted by Crippen LogP contribution is 2.42. The molecule has 0 aliphatic heterocycles. The molecular weight excluding hydrogens is 569 g/mol. The van der Waals surface area contributed by atoms with E-state index in [2.05, 4.69) is 19.2 Å². The summed E-state index contributed by atoms with van der Waals surface area (Å²) in [6, 6.07) is 0. The van der Waals surface area contributed by atoms with Gasteiger partial charge in [0.2, 0.25) is 5.91 Å². The molecule has 2 atom stereocenters. The van der Waals surface area contributed by atoms with Gasteiger partial charge < -0.3 is 20.1 Å². The zero-order valence-corrected chi connectivity index (χ0v) is 28.6. The molecule has 0 radical (unpaired) electrons. The number of phosphoric ester groups is 1. The van der Waals surface area contributed by atoms with Crippen LogP contribution in [0.1, 0.15) is 168 Å². The highest BCUT2D eigenvalue weighted by molar-refractivity contribution is 7.47. The summed E-state index contributed by atoms with van der Waals surface area (Å²) in [6.07, 6.45) is 26.2. The molecule has 0 saturated heterocycles. The smallest absolute Gasteiger partial charge is 0.463 e. The van der Waals surface area contributed by atoms with Crippen molar-refractivity contribution in [2.45, 2.75) is 174 Å². The first-order valence-electron chi connectivity index (χ1n) is 17.5. The SMILES string of the molecule is CCCCCCCCCCCCCCCCCC(=O)OCC(O)COP(=O)(O)OCCNC(=O)CCCCCCCCC. The number of unbranched alkanes of at least 4 members (excludes halogenated alkanes) is 20. The standard InChI is InChI=1S/C33H66NO8P/c1-3-5-7-9-11-12-13-14-15-16-17-18-20-22-24-26-33(37)40-29-31(35)30-42-43(38,39)41-28-27-34-32(36)25-23-21-19-10-8-6-4-2/h31,35H,3-30H2,1-2H3,(H,34,36)(H,38,39). The van der Waals surface area contributed by atoms with Crippen LogP contribution in [0.5, 0.6) is 0 Å². The molecule has 2 unspecified atom stereocenters. The molecular formula is C33H66NO8P. The number of hydrogen-bond acceptors (Lipinski definition) is 7. The first kappa shape index (κ1) is 42.0. The second-order valence-electron chi connectivity index (χ2n) is 11.9. The van der Waals surface area contributed by atoms with E-state index in [1.54, 1.807) is 0 Å². The fraction of sp³-hybridized carbons (Fsp3) is 0.939. The quantitative estimate of drug-likeness (QED) is 0.0371. The van der Waals surface area contributed by atoms with Crippen molar-refractivity contribution >= 4 is 19.7 Å². The Bertz CT molecular complexity index is 694. The van der Waals surface area contributed by atoms with Gasteiger partial charge in [-0.3, -0.25) is 18.6 Å². The van der Waals surface area contributed by atoms with Crippen LogP contribution in [-0.4, -0.2) is 54.3 Å². The third-order valence-electron chi connectivity index (χ3n) is 7.54. The first-order valence-corrected chi connectivity index (χ1v) is 19.0. The van der Waals surface area contributed by atoms with Crippen molar-refractivity contribution in [3.63, 3.8) is 0 Å². The maximum atomic E-state index is 12.0. The molecule has 9 nitrogen and oxygen atoms in total. The average Bonchev–Trinajstić information content (AvgIpc) is 2.98. The number of phosphoric acid groups is 1. The van der Waals surface area contributed by atoms with Gasteiger partial charge >= 0.3 is 13.8 Å². The number of nitrogens with one attached hydrogen (secondary N) is 1. The van der Waals surface area contributed by atoms with Crippen LogP contribution in [0.2, 0.25) is 0 Å². The number of esters is 1. The molecule has 43 heavy (non-hydrogen) atoms. The number of ether oxygens (including phenoxy) is 1. The van der Waals surface area contributed by atoms with Crippen LogP contribution in [0.15, 0.2) is 0 Å². The highest BCUT2D eigenvalue weighted by atomic mass is 31.2. The normalized spacial score (nSPS) is 13.5. The molecule has 0 rings (SSSR count). The van der Waals surface area contributed by atoms with Crippen molar-refractivity contribution in [2.75, 3.05) is 26.4 Å². The molecule has 0 aromatic heterocycles. The second-order valence-corrected chi connectivity index (χ2v) is 13.3. The second kappa shape index (κ2) is 31.0. The van der Waals surface area contributed by atoms with Gasteiger partial charge in [0.05, 0.1) is 13.2 Å². The third-order valence-corrected chi connectivity index (χ3v) is 8.52. The van der Waals surface area contributed by atoms with E-state index in [9.17, 15) is 24.2 Å². The fourth-order valence-electron chi connectivity index (χ4n) is 4.85. The lowest BCUT2D eigenvalue weighted by Gasteiger charge is -2.15. The van der Waals surface area contributed by atoms with Gasteiger partial charge in [-0.25, -0.2) is 4.57 Å². The van der Waals surface area contributed by atoms with Gasteiger partial charge in [-0.05, 0) is 12.8 Å². The number of carbonyl (C=O) groups is 2. The summed E-state index contributed by atoms with van der Waals surface area (Å²) >= 11 is 0. The number of hydrogen-bond donors (Lipinski definition) is 3. The molecule has 0 aromatic carbocycles. The lowest BCUT2D eigenvalue weighted by Crippen LogP contribution is -2.27. The van der Waals surface area contributed by atoms with Crippen molar-refractivity contribution in [1.82, 2.24) is 5.32 Å². The minimum atomic E-state index is -4.39. The lowest BCUT2D eigenvalue weighted by atomic mass is 10.0. The van der Waals surface area contributed by atoms with E-state index in [0.717, 1.165) is 38.5 Å². The number of rotatable bonds is 33. The van der Waals surface area contributed by atoms with E-state index in [-0.39, 0.29) is 32.1 Å². The van der Waals surface area contributed by atoms with Gasteiger partial charge in [-0.2, -0.15) is 0 Å². The predicted octanol–water partition coefficient (Wildman–Crippen LogP) is 8.54. The van der Waals surface area contributed by atoms with Crippen LogP contribution in [0.25, 0.3) is 0 Å². The van der Waals surface area contributed by atoms with Crippen LogP contribution in [0.3, 0.4) is 0 Å². The Kier molecular flexibility index (Phi) is 30.3. The molecule has 1 amide bonds. The fourth-order valence-corrected chi connectivity index (χ4v) is 5.61. The van der Waals surface area contributed by atoms with E-state index in [1.165, 1.54) is 103 Å².